The average molecular weight is 375 g/mol. The lowest BCUT2D eigenvalue weighted by atomic mass is 10.1. The van der Waals surface area contributed by atoms with Crippen LogP contribution in [-0.2, 0) is 5.75 Å². The molecule has 0 fully saturated rings. The molecule has 0 saturated carbocycles. The fraction of sp³-hybridized carbons (Fsp3) is 0.0588. The molecule has 0 amide bonds. The maximum absolute atomic E-state index is 6.00. The predicted molar refractivity (Wildman–Crippen MR) is 102 cm³/mol. The van der Waals surface area contributed by atoms with Crippen LogP contribution < -0.4 is 0 Å². The molecule has 2 nitrogen and oxygen atoms in total. The van der Waals surface area contributed by atoms with Gasteiger partial charge in [-0.1, -0.05) is 29.8 Å². The summed E-state index contributed by atoms with van der Waals surface area (Å²) in [6.45, 7) is 0. The van der Waals surface area contributed by atoms with Crippen molar-refractivity contribution in [2.45, 2.75) is 10.8 Å². The first-order valence-corrected chi connectivity index (χ1v) is 10.1. The third-order valence-corrected chi connectivity index (χ3v) is 6.66. The monoisotopic (exact) mass is 374 g/mol. The smallest absolute Gasteiger partial charge is 0.128 e. The zero-order chi connectivity index (χ0) is 15.6. The summed E-state index contributed by atoms with van der Waals surface area (Å²) in [5.74, 6) is 0.930. The summed E-state index contributed by atoms with van der Waals surface area (Å²) in [5, 5.41) is 7.18. The molecular formula is C17H11ClN2S3. The molecule has 0 saturated heterocycles. The Morgan fingerprint density at radius 2 is 1.91 bits per heavy atom. The maximum atomic E-state index is 6.00. The van der Waals surface area contributed by atoms with Crippen LogP contribution in [-0.4, -0.2) is 9.97 Å². The van der Waals surface area contributed by atoms with Crippen LogP contribution >= 0.6 is 46.0 Å². The highest BCUT2D eigenvalue weighted by Gasteiger charge is 2.13. The second-order valence-corrected chi connectivity index (χ2v) is 8.17. The van der Waals surface area contributed by atoms with Crippen LogP contribution in [0.15, 0.2) is 58.5 Å². The SMILES string of the molecule is Clc1ccc(-c2csc3ncnc(SCc4cccs4)c23)cc1. The van der Waals surface area contributed by atoms with E-state index in [2.05, 4.69) is 32.9 Å². The van der Waals surface area contributed by atoms with Crippen LogP contribution in [0.4, 0.5) is 0 Å². The summed E-state index contributed by atoms with van der Waals surface area (Å²) in [4.78, 5) is 11.3. The third kappa shape index (κ3) is 3.15. The van der Waals surface area contributed by atoms with E-state index in [9.17, 15) is 0 Å². The van der Waals surface area contributed by atoms with Gasteiger partial charge in [-0.2, -0.15) is 0 Å². The van der Waals surface area contributed by atoms with Gasteiger partial charge in [-0.15, -0.1) is 34.4 Å². The molecule has 3 aromatic heterocycles. The number of hydrogen-bond acceptors (Lipinski definition) is 5. The number of hydrogen-bond donors (Lipinski definition) is 0. The van der Waals surface area contributed by atoms with Crippen LogP contribution in [0.1, 0.15) is 4.88 Å². The molecule has 0 radical (unpaired) electrons. The van der Waals surface area contributed by atoms with Crippen LogP contribution in [0.3, 0.4) is 0 Å². The first-order chi connectivity index (χ1) is 11.3. The van der Waals surface area contributed by atoms with Crippen LogP contribution in [0.5, 0.6) is 0 Å². The van der Waals surface area contributed by atoms with Gasteiger partial charge in [-0.3, -0.25) is 0 Å². The highest BCUT2D eigenvalue weighted by Crippen LogP contribution is 2.39. The summed E-state index contributed by atoms with van der Waals surface area (Å²) in [7, 11) is 0. The first kappa shape index (κ1) is 15.1. The van der Waals surface area contributed by atoms with Crippen LogP contribution in [0.2, 0.25) is 5.02 Å². The number of nitrogens with zero attached hydrogens (tertiary/aromatic N) is 2. The van der Waals surface area contributed by atoms with Crippen molar-refractivity contribution in [2.75, 3.05) is 0 Å². The van der Waals surface area contributed by atoms with Crippen molar-refractivity contribution in [3.8, 4) is 11.1 Å². The minimum absolute atomic E-state index is 0.747. The van der Waals surface area contributed by atoms with Crippen molar-refractivity contribution in [2.24, 2.45) is 0 Å². The minimum Gasteiger partial charge on any atom is -0.229 e. The number of benzene rings is 1. The average Bonchev–Trinajstić information content (AvgIpc) is 3.23. The van der Waals surface area contributed by atoms with Crippen molar-refractivity contribution in [3.63, 3.8) is 0 Å². The van der Waals surface area contributed by atoms with E-state index in [0.29, 0.717) is 0 Å². The highest BCUT2D eigenvalue weighted by atomic mass is 35.5. The summed E-state index contributed by atoms with van der Waals surface area (Å²) in [5.41, 5.74) is 2.32. The van der Waals surface area contributed by atoms with Crippen molar-refractivity contribution < 1.29 is 0 Å². The zero-order valence-electron chi connectivity index (χ0n) is 11.9. The molecule has 0 aliphatic heterocycles. The van der Waals surface area contributed by atoms with Gasteiger partial charge in [0.25, 0.3) is 0 Å². The summed E-state index contributed by atoms with van der Waals surface area (Å²) in [6, 6.07) is 12.2. The molecule has 0 aliphatic rings. The number of aromatic nitrogens is 2. The van der Waals surface area contributed by atoms with E-state index in [-0.39, 0.29) is 0 Å². The molecule has 0 atom stereocenters. The standard InChI is InChI=1S/C17H11ClN2S3/c18-12-5-3-11(4-6-12)14-9-23-17-15(14)16(19-10-20-17)22-8-13-2-1-7-21-13/h1-7,9-10H,8H2. The molecule has 0 aliphatic carbocycles. The molecule has 0 unspecified atom stereocenters. The lowest BCUT2D eigenvalue weighted by molar-refractivity contribution is 1.11. The number of fused-ring (bicyclic) bond motifs is 1. The van der Waals surface area contributed by atoms with Gasteiger partial charge in [0.15, 0.2) is 0 Å². The Balaban J connectivity index is 1.75. The molecule has 0 N–H and O–H groups in total. The molecule has 4 aromatic rings. The molecular weight excluding hydrogens is 364 g/mol. The fourth-order valence-electron chi connectivity index (χ4n) is 2.33. The minimum atomic E-state index is 0.747. The Morgan fingerprint density at radius 1 is 1.04 bits per heavy atom. The highest BCUT2D eigenvalue weighted by molar-refractivity contribution is 7.98. The van der Waals surface area contributed by atoms with Gasteiger partial charge in [0.1, 0.15) is 16.2 Å². The fourth-order valence-corrected chi connectivity index (χ4v) is 5.23. The number of rotatable bonds is 4. The summed E-state index contributed by atoms with van der Waals surface area (Å²) < 4.78 is 0. The summed E-state index contributed by atoms with van der Waals surface area (Å²) >= 11 is 11.2. The molecule has 6 heteroatoms. The topological polar surface area (TPSA) is 25.8 Å². The van der Waals surface area contributed by atoms with Crippen LogP contribution in [0.25, 0.3) is 21.3 Å². The number of thioether (sulfide) groups is 1. The van der Waals surface area contributed by atoms with Gasteiger partial charge in [0, 0.05) is 26.6 Å². The Labute approximate surface area is 151 Å². The quantitative estimate of drug-likeness (QED) is 0.307. The van der Waals surface area contributed by atoms with Gasteiger partial charge in [0.2, 0.25) is 0 Å². The van der Waals surface area contributed by atoms with Gasteiger partial charge >= 0.3 is 0 Å². The second kappa shape index (κ2) is 6.61. The number of thiophene rings is 2. The van der Waals surface area contributed by atoms with Crippen molar-refractivity contribution in [1.29, 1.82) is 0 Å². The molecule has 4 rings (SSSR count). The van der Waals surface area contributed by atoms with Gasteiger partial charge in [-0.25, -0.2) is 9.97 Å². The van der Waals surface area contributed by atoms with E-state index < -0.39 is 0 Å². The van der Waals surface area contributed by atoms with E-state index >= 15 is 0 Å². The molecule has 3 heterocycles. The molecule has 114 valence electrons. The predicted octanol–water partition coefficient (Wildman–Crippen LogP) is 6.37. The molecule has 0 bridgehead atoms. The zero-order valence-corrected chi connectivity index (χ0v) is 15.1. The number of halogens is 1. The van der Waals surface area contributed by atoms with Gasteiger partial charge in [0.05, 0.1) is 5.39 Å². The maximum Gasteiger partial charge on any atom is 0.128 e. The van der Waals surface area contributed by atoms with E-state index in [0.717, 1.165) is 31.6 Å². The van der Waals surface area contributed by atoms with Crippen molar-refractivity contribution in [3.05, 3.63) is 63.4 Å². The lowest BCUT2D eigenvalue weighted by Gasteiger charge is -2.05. The Morgan fingerprint density at radius 3 is 2.70 bits per heavy atom. The van der Waals surface area contributed by atoms with E-state index in [4.69, 9.17) is 11.6 Å². The molecule has 23 heavy (non-hydrogen) atoms. The van der Waals surface area contributed by atoms with Crippen molar-refractivity contribution >= 4 is 56.3 Å². The molecule has 0 spiro atoms. The third-order valence-electron chi connectivity index (χ3n) is 3.42. The van der Waals surface area contributed by atoms with E-state index in [1.54, 1.807) is 40.8 Å². The van der Waals surface area contributed by atoms with Gasteiger partial charge < -0.3 is 0 Å². The summed E-state index contributed by atoms with van der Waals surface area (Å²) in [6.07, 6.45) is 1.65. The normalized spacial score (nSPS) is 11.2. The Hall–Kier alpha value is -1.40. The van der Waals surface area contributed by atoms with E-state index in [1.807, 2.05) is 24.3 Å². The lowest BCUT2D eigenvalue weighted by Crippen LogP contribution is -1.86. The Kier molecular flexibility index (Phi) is 4.35. The Bertz CT molecular complexity index is 930. The largest absolute Gasteiger partial charge is 0.229 e. The second-order valence-electron chi connectivity index (χ2n) is 4.88. The first-order valence-electron chi connectivity index (χ1n) is 6.94. The van der Waals surface area contributed by atoms with E-state index in [1.165, 1.54) is 10.4 Å². The van der Waals surface area contributed by atoms with Gasteiger partial charge in [-0.05, 0) is 29.1 Å². The molecule has 1 aromatic carbocycles. The van der Waals surface area contributed by atoms with Crippen molar-refractivity contribution in [1.82, 2.24) is 9.97 Å². The van der Waals surface area contributed by atoms with Crippen LogP contribution in [0, 0.1) is 0 Å².